The number of nitrogens with one attached hydrogen (secondary N) is 2. The maximum Gasteiger partial charge on any atom is 0.322 e. The van der Waals surface area contributed by atoms with Gasteiger partial charge in [0.25, 0.3) is 0 Å². The van der Waals surface area contributed by atoms with Gasteiger partial charge in [0.05, 0.1) is 12.7 Å². The first-order valence-electron chi connectivity index (χ1n) is 4.67. The highest BCUT2D eigenvalue weighted by molar-refractivity contribution is 5.35. The number of methoxy groups -OCH3 is 1. The van der Waals surface area contributed by atoms with Crippen LogP contribution in [-0.4, -0.2) is 39.3 Å². The molecule has 0 bridgehead atoms. The van der Waals surface area contributed by atoms with Gasteiger partial charge in [-0.2, -0.15) is 15.0 Å². The normalized spacial score (nSPS) is 11.1. The fraction of sp³-hybridized carbons (Fsp3) is 0.625. The molecule has 16 heavy (non-hydrogen) atoms. The molecule has 0 saturated carbocycles. The van der Waals surface area contributed by atoms with E-state index in [9.17, 15) is 5.11 Å². The summed E-state index contributed by atoms with van der Waals surface area (Å²) in [5.74, 6) is 5.65. The van der Waals surface area contributed by atoms with Gasteiger partial charge in [-0.1, -0.05) is 0 Å². The van der Waals surface area contributed by atoms with E-state index in [2.05, 4.69) is 25.7 Å². The molecule has 0 aromatic carbocycles. The Morgan fingerprint density at radius 3 is 2.44 bits per heavy atom. The number of nitrogen functional groups attached to an aromatic ring is 1. The van der Waals surface area contributed by atoms with Gasteiger partial charge in [0.1, 0.15) is 0 Å². The van der Waals surface area contributed by atoms with Gasteiger partial charge in [0.2, 0.25) is 11.9 Å². The minimum atomic E-state index is -0.865. The molecule has 0 unspecified atom stereocenters. The molecule has 5 N–H and O–H groups in total. The zero-order valence-corrected chi connectivity index (χ0v) is 9.48. The van der Waals surface area contributed by atoms with Crippen LogP contribution in [0.1, 0.15) is 13.8 Å². The van der Waals surface area contributed by atoms with E-state index in [1.54, 1.807) is 13.8 Å². The zero-order chi connectivity index (χ0) is 12.2. The number of hydrazine groups is 1. The summed E-state index contributed by atoms with van der Waals surface area (Å²) in [4.78, 5) is 11.7. The highest BCUT2D eigenvalue weighted by atomic mass is 16.5. The second-order valence-electron chi connectivity index (χ2n) is 3.78. The van der Waals surface area contributed by atoms with Crippen molar-refractivity contribution in [3.8, 4) is 6.01 Å². The maximum atomic E-state index is 9.53. The first-order chi connectivity index (χ1) is 7.44. The molecule has 90 valence electrons. The molecule has 0 aliphatic heterocycles. The Labute approximate surface area is 93.2 Å². The van der Waals surface area contributed by atoms with Gasteiger partial charge in [-0.15, -0.1) is 0 Å². The third kappa shape index (κ3) is 3.83. The molecule has 0 saturated heterocycles. The van der Waals surface area contributed by atoms with E-state index in [0.717, 1.165) is 0 Å². The van der Waals surface area contributed by atoms with Crippen molar-refractivity contribution in [3.63, 3.8) is 0 Å². The Bertz CT molecular complexity index is 329. The topological polar surface area (TPSA) is 118 Å². The molecule has 8 nitrogen and oxygen atoms in total. The second-order valence-corrected chi connectivity index (χ2v) is 3.78. The van der Waals surface area contributed by atoms with Crippen LogP contribution in [-0.2, 0) is 0 Å². The van der Waals surface area contributed by atoms with E-state index in [-0.39, 0.29) is 17.9 Å². The fourth-order valence-corrected chi connectivity index (χ4v) is 0.887. The van der Waals surface area contributed by atoms with Crippen LogP contribution in [0, 0.1) is 0 Å². The van der Waals surface area contributed by atoms with Crippen LogP contribution in [0.2, 0.25) is 0 Å². The van der Waals surface area contributed by atoms with Crippen molar-refractivity contribution >= 4 is 11.9 Å². The highest BCUT2D eigenvalue weighted by Gasteiger charge is 2.13. The second kappa shape index (κ2) is 4.90. The van der Waals surface area contributed by atoms with Crippen molar-refractivity contribution < 1.29 is 9.84 Å². The number of ether oxygens (including phenoxy) is 1. The average Bonchev–Trinajstić information content (AvgIpc) is 2.25. The van der Waals surface area contributed by atoms with E-state index >= 15 is 0 Å². The summed E-state index contributed by atoms with van der Waals surface area (Å²) >= 11 is 0. The number of rotatable bonds is 5. The maximum absolute atomic E-state index is 9.53. The van der Waals surface area contributed by atoms with Crippen molar-refractivity contribution in [2.24, 2.45) is 5.84 Å². The molecule has 0 fully saturated rings. The van der Waals surface area contributed by atoms with E-state index in [0.29, 0.717) is 6.54 Å². The van der Waals surface area contributed by atoms with Crippen molar-refractivity contribution in [2.45, 2.75) is 19.4 Å². The first-order valence-corrected chi connectivity index (χ1v) is 4.67. The molecule has 0 aliphatic rings. The molecule has 8 heteroatoms. The third-order valence-electron chi connectivity index (χ3n) is 1.61. The zero-order valence-electron chi connectivity index (χ0n) is 9.48. The third-order valence-corrected chi connectivity index (χ3v) is 1.61. The summed E-state index contributed by atoms with van der Waals surface area (Å²) in [6, 6.07) is 0.140. The number of aliphatic hydroxyl groups is 1. The van der Waals surface area contributed by atoms with Crippen LogP contribution >= 0.6 is 0 Å². The lowest BCUT2D eigenvalue weighted by molar-refractivity contribution is 0.0943. The van der Waals surface area contributed by atoms with Gasteiger partial charge in [-0.25, -0.2) is 5.84 Å². The summed E-state index contributed by atoms with van der Waals surface area (Å²) in [7, 11) is 1.44. The Morgan fingerprint density at radius 1 is 1.31 bits per heavy atom. The number of hydrogen-bond acceptors (Lipinski definition) is 8. The van der Waals surface area contributed by atoms with Gasteiger partial charge in [-0.05, 0) is 13.8 Å². The lowest BCUT2D eigenvalue weighted by atomic mass is 10.1. The van der Waals surface area contributed by atoms with Gasteiger partial charge in [0, 0.05) is 6.54 Å². The molecule has 1 rings (SSSR count). The standard InChI is InChI=1S/C8H16N6O2/c1-8(2,15)4-10-5-11-6(14-9)13-7(12-5)16-3/h15H,4,9H2,1-3H3,(H2,10,11,12,13,14). The molecular formula is C8H16N6O2. The quantitative estimate of drug-likeness (QED) is 0.388. The molecular weight excluding hydrogens is 212 g/mol. The Balaban J connectivity index is 2.79. The summed E-state index contributed by atoms with van der Waals surface area (Å²) in [5.41, 5.74) is 1.43. The van der Waals surface area contributed by atoms with Gasteiger partial charge in [0.15, 0.2) is 0 Å². The van der Waals surface area contributed by atoms with Crippen LogP contribution in [0.5, 0.6) is 6.01 Å². The molecule has 1 aromatic heterocycles. The van der Waals surface area contributed by atoms with Crippen molar-refractivity contribution in [2.75, 3.05) is 24.4 Å². The van der Waals surface area contributed by atoms with Crippen molar-refractivity contribution in [3.05, 3.63) is 0 Å². The SMILES string of the molecule is COc1nc(NN)nc(NCC(C)(C)O)n1. The molecule has 1 heterocycles. The molecule has 0 atom stereocenters. The first kappa shape index (κ1) is 12.4. The summed E-state index contributed by atoms with van der Waals surface area (Å²) in [6.45, 7) is 3.63. The Hall–Kier alpha value is -1.67. The Kier molecular flexibility index (Phi) is 3.80. The number of anilines is 2. The van der Waals surface area contributed by atoms with Crippen molar-refractivity contribution in [1.82, 2.24) is 15.0 Å². The summed E-state index contributed by atoms with van der Waals surface area (Å²) < 4.78 is 4.87. The van der Waals surface area contributed by atoms with E-state index in [4.69, 9.17) is 10.6 Å². The smallest absolute Gasteiger partial charge is 0.322 e. The lowest BCUT2D eigenvalue weighted by Gasteiger charge is -2.17. The predicted octanol–water partition coefficient (Wildman–Crippen LogP) is -0.651. The summed E-state index contributed by atoms with van der Waals surface area (Å²) in [5, 5.41) is 12.4. The lowest BCUT2D eigenvalue weighted by Crippen LogP contribution is -2.30. The van der Waals surface area contributed by atoms with Crippen LogP contribution in [0.3, 0.4) is 0 Å². The molecule has 1 aromatic rings. The molecule has 0 radical (unpaired) electrons. The Morgan fingerprint density at radius 2 is 1.94 bits per heavy atom. The van der Waals surface area contributed by atoms with E-state index in [1.165, 1.54) is 7.11 Å². The molecule has 0 amide bonds. The van der Waals surface area contributed by atoms with Crippen LogP contribution in [0.25, 0.3) is 0 Å². The predicted molar refractivity (Wildman–Crippen MR) is 59.0 cm³/mol. The van der Waals surface area contributed by atoms with Crippen LogP contribution in [0.4, 0.5) is 11.9 Å². The fourth-order valence-electron chi connectivity index (χ4n) is 0.887. The van der Waals surface area contributed by atoms with Crippen molar-refractivity contribution in [1.29, 1.82) is 0 Å². The monoisotopic (exact) mass is 228 g/mol. The number of nitrogens with two attached hydrogens (primary N) is 1. The average molecular weight is 228 g/mol. The minimum Gasteiger partial charge on any atom is -0.467 e. The number of aromatic nitrogens is 3. The molecule has 0 spiro atoms. The highest BCUT2D eigenvalue weighted by Crippen LogP contribution is 2.10. The molecule has 0 aliphatic carbocycles. The van der Waals surface area contributed by atoms with Gasteiger partial charge >= 0.3 is 6.01 Å². The number of nitrogens with zero attached hydrogens (tertiary/aromatic N) is 3. The number of hydrogen-bond donors (Lipinski definition) is 4. The van der Waals surface area contributed by atoms with E-state index < -0.39 is 5.60 Å². The van der Waals surface area contributed by atoms with Gasteiger partial charge < -0.3 is 15.2 Å². The van der Waals surface area contributed by atoms with Gasteiger partial charge in [-0.3, -0.25) is 5.43 Å². The summed E-state index contributed by atoms with van der Waals surface area (Å²) in [6.07, 6.45) is 0. The van der Waals surface area contributed by atoms with Crippen LogP contribution < -0.4 is 21.3 Å². The largest absolute Gasteiger partial charge is 0.467 e. The van der Waals surface area contributed by atoms with E-state index in [1.807, 2.05) is 0 Å². The minimum absolute atomic E-state index is 0.140. The van der Waals surface area contributed by atoms with Crippen LogP contribution in [0.15, 0.2) is 0 Å².